The number of hydrogen-bond acceptors (Lipinski definition) is 4. The molecule has 0 bridgehead atoms. The monoisotopic (exact) mass is 295 g/mol. The van der Waals surface area contributed by atoms with Crippen LogP contribution in [0.4, 0.5) is 0 Å². The van der Waals surface area contributed by atoms with Gasteiger partial charge < -0.3 is 15.2 Å². The van der Waals surface area contributed by atoms with Gasteiger partial charge in [0.25, 0.3) is 0 Å². The highest BCUT2D eigenvalue weighted by Gasteiger charge is 2.32. The highest BCUT2D eigenvalue weighted by atomic mass is 32.2. The van der Waals surface area contributed by atoms with Gasteiger partial charge in [-0.15, -0.1) is 0 Å². The Morgan fingerprint density at radius 2 is 2.10 bits per heavy atom. The van der Waals surface area contributed by atoms with Gasteiger partial charge in [-0.25, -0.2) is 0 Å². The molecular formula is C16H25NO2S. The van der Waals surface area contributed by atoms with Crippen molar-refractivity contribution in [2.24, 2.45) is 0 Å². The minimum absolute atomic E-state index is 0.270. The topological polar surface area (TPSA) is 41.5 Å². The lowest BCUT2D eigenvalue weighted by Crippen LogP contribution is -2.34. The number of ether oxygens (including phenoxy) is 1. The number of nitrogens with one attached hydrogen (secondary N) is 1. The van der Waals surface area contributed by atoms with E-state index in [9.17, 15) is 5.11 Å². The normalized spacial score (nSPS) is 17.3. The molecule has 0 saturated heterocycles. The van der Waals surface area contributed by atoms with E-state index in [1.165, 1.54) is 25.7 Å². The summed E-state index contributed by atoms with van der Waals surface area (Å²) in [6.45, 7) is 4.19. The third kappa shape index (κ3) is 3.61. The summed E-state index contributed by atoms with van der Waals surface area (Å²) < 4.78 is 5.81. The Bertz CT molecular complexity index is 430. The second-order valence-corrected chi connectivity index (χ2v) is 6.67. The number of rotatable bonds is 7. The van der Waals surface area contributed by atoms with Gasteiger partial charge in [-0.3, -0.25) is 0 Å². The van der Waals surface area contributed by atoms with E-state index in [0.29, 0.717) is 23.6 Å². The first-order valence-corrected chi connectivity index (χ1v) is 8.63. The first-order chi connectivity index (χ1) is 9.71. The molecule has 0 spiro atoms. The van der Waals surface area contributed by atoms with E-state index < -0.39 is 0 Å². The maximum absolute atomic E-state index is 10.2. The summed E-state index contributed by atoms with van der Waals surface area (Å²) in [4.78, 5) is 0. The summed E-state index contributed by atoms with van der Waals surface area (Å²) in [5.74, 6) is 0.846. The van der Waals surface area contributed by atoms with Gasteiger partial charge in [0.15, 0.2) is 11.5 Å². The zero-order valence-corrected chi connectivity index (χ0v) is 13.3. The minimum atomic E-state index is 0.270. The van der Waals surface area contributed by atoms with Crippen molar-refractivity contribution < 1.29 is 9.84 Å². The van der Waals surface area contributed by atoms with E-state index in [0.717, 1.165) is 12.1 Å². The molecule has 112 valence electrons. The molecule has 1 aromatic rings. The number of para-hydroxylation sites is 1. The molecule has 1 aromatic carbocycles. The molecule has 0 radical (unpaired) electrons. The van der Waals surface area contributed by atoms with Gasteiger partial charge in [-0.2, -0.15) is 11.8 Å². The van der Waals surface area contributed by atoms with Crippen LogP contribution in [0, 0.1) is 0 Å². The van der Waals surface area contributed by atoms with Crippen LogP contribution in [-0.2, 0) is 6.54 Å². The molecular weight excluding hydrogens is 270 g/mol. The van der Waals surface area contributed by atoms with E-state index in [2.05, 4.69) is 11.6 Å². The molecule has 1 fully saturated rings. The number of aromatic hydroxyl groups is 1. The van der Waals surface area contributed by atoms with Crippen molar-refractivity contribution in [3.8, 4) is 11.5 Å². The van der Waals surface area contributed by atoms with E-state index in [1.807, 2.05) is 36.9 Å². The molecule has 4 heteroatoms. The molecule has 0 unspecified atom stereocenters. The lowest BCUT2D eigenvalue weighted by Gasteiger charge is -2.27. The molecule has 2 rings (SSSR count). The van der Waals surface area contributed by atoms with Crippen LogP contribution >= 0.6 is 11.8 Å². The molecule has 3 nitrogen and oxygen atoms in total. The van der Waals surface area contributed by atoms with Crippen LogP contribution < -0.4 is 10.1 Å². The fourth-order valence-electron chi connectivity index (χ4n) is 2.88. The third-order valence-electron chi connectivity index (χ3n) is 4.09. The maximum Gasteiger partial charge on any atom is 0.162 e. The van der Waals surface area contributed by atoms with Crippen molar-refractivity contribution >= 4 is 11.8 Å². The molecule has 1 saturated carbocycles. The van der Waals surface area contributed by atoms with Crippen LogP contribution in [0.25, 0.3) is 0 Å². The van der Waals surface area contributed by atoms with Crippen LogP contribution in [0.3, 0.4) is 0 Å². The van der Waals surface area contributed by atoms with Gasteiger partial charge in [-0.05, 0) is 32.1 Å². The summed E-state index contributed by atoms with van der Waals surface area (Å²) in [5, 5.41) is 13.7. The number of benzene rings is 1. The number of phenols is 1. The molecule has 20 heavy (non-hydrogen) atoms. The molecule has 0 heterocycles. The molecule has 1 aliphatic rings. The average molecular weight is 295 g/mol. The molecule has 1 aliphatic carbocycles. The predicted octanol–water partition coefficient (Wildman–Crippen LogP) is 3.56. The summed E-state index contributed by atoms with van der Waals surface area (Å²) in [6, 6.07) is 5.69. The van der Waals surface area contributed by atoms with E-state index in [1.54, 1.807) is 0 Å². The smallest absolute Gasteiger partial charge is 0.162 e. The van der Waals surface area contributed by atoms with Crippen LogP contribution in [0.1, 0.15) is 38.2 Å². The highest BCUT2D eigenvalue weighted by molar-refractivity contribution is 8.00. The number of hydrogen-bond donors (Lipinski definition) is 2. The molecule has 0 amide bonds. The standard InChI is InChI=1S/C16H25NO2S/c1-3-19-14-8-6-7-13(15(14)18)11-17-12-16(20-2)9-4-5-10-16/h6-8,17-18H,3-5,9-12H2,1-2H3. The van der Waals surface area contributed by atoms with Gasteiger partial charge >= 0.3 is 0 Å². The summed E-state index contributed by atoms with van der Waals surface area (Å²) in [7, 11) is 0. The zero-order chi connectivity index (χ0) is 14.4. The van der Waals surface area contributed by atoms with Gasteiger partial charge in [0, 0.05) is 23.4 Å². The molecule has 2 N–H and O–H groups in total. The van der Waals surface area contributed by atoms with Crippen LogP contribution in [-0.4, -0.2) is 29.3 Å². The van der Waals surface area contributed by atoms with Crippen molar-refractivity contribution in [3.63, 3.8) is 0 Å². The summed E-state index contributed by atoms with van der Waals surface area (Å²) in [5.41, 5.74) is 0.908. The Morgan fingerprint density at radius 3 is 2.75 bits per heavy atom. The SMILES string of the molecule is CCOc1cccc(CNCC2(SC)CCCC2)c1O. The molecule has 0 atom stereocenters. The lowest BCUT2D eigenvalue weighted by atomic mass is 10.1. The second-order valence-electron chi connectivity index (χ2n) is 5.39. The molecule has 0 aliphatic heterocycles. The lowest BCUT2D eigenvalue weighted by molar-refractivity contribution is 0.316. The predicted molar refractivity (Wildman–Crippen MR) is 85.7 cm³/mol. The van der Waals surface area contributed by atoms with Crippen LogP contribution in [0.15, 0.2) is 18.2 Å². The van der Waals surface area contributed by atoms with Crippen molar-refractivity contribution in [2.45, 2.75) is 43.9 Å². The fourth-order valence-corrected chi connectivity index (χ4v) is 3.82. The number of phenolic OH excluding ortho intramolecular Hbond substituents is 1. The highest BCUT2D eigenvalue weighted by Crippen LogP contribution is 2.39. The first-order valence-electron chi connectivity index (χ1n) is 7.40. The minimum Gasteiger partial charge on any atom is -0.504 e. The Hall–Kier alpha value is -0.870. The Balaban J connectivity index is 1.92. The second kappa shape index (κ2) is 7.23. The first kappa shape index (κ1) is 15.5. The largest absolute Gasteiger partial charge is 0.504 e. The Morgan fingerprint density at radius 1 is 1.35 bits per heavy atom. The van der Waals surface area contributed by atoms with E-state index >= 15 is 0 Å². The summed E-state index contributed by atoms with van der Waals surface area (Å²) in [6.07, 6.45) is 7.49. The maximum atomic E-state index is 10.2. The number of thioether (sulfide) groups is 1. The van der Waals surface area contributed by atoms with Crippen molar-refractivity contribution in [1.82, 2.24) is 5.32 Å². The van der Waals surface area contributed by atoms with E-state index in [4.69, 9.17) is 4.74 Å². The van der Waals surface area contributed by atoms with Crippen molar-refractivity contribution in [1.29, 1.82) is 0 Å². The van der Waals surface area contributed by atoms with Gasteiger partial charge in [0.1, 0.15) is 0 Å². The third-order valence-corrected chi connectivity index (χ3v) is 5.51. The summed E-state index contributed by atoms with van der Waals surface area (Å²) >= 11 is 1.98. The van der Waals surface area contributed by atoms with Gasteiger partial charge in [0.2, 0.25) is 0 Å². The Kier molecular flexibility index (Phi) is 5.61. The van der Waals surface area contributed by atoms with Crippen LogP contribution in [0.5, 0.6) is 11.5 Å². The quantitative estimate of drug-likeness (QED) is 0.807. The zero-order valence-electron chi connectivity index (χ0n) is 12.4. The van der Waals surface area contributed by atoms with E-state index in [-0.39, 0.29) is 5.75 Å². The van der Waals surface area contributed by atoms with Crippen molar-refractivity contribution in [3.05, 3.63) is 23.8 Å². The van der Waals surface area contributed by atoms with Gasteiger partial charge in [-0.1, -0.05) is 25.0 Å². The van der Waals surface area contributed by atoms with Crippen LogP contribution in [0.2, 0.25) is 0 Å². The average Bonchev–Trinajstić information content (AvgIpc) is 2.92. The van der Waals surface area contributed by atoms with Gasteiger partial charge in [0.05, 0.1) is 6.61 Å². The fraction of sp³-hybridized carbons (Fsp3) is 0.625. The molecule has 0 aromatic heterocycles. The van der Waals surface area contributed by atoms with Crippen molar-refractivity contribution in [2.75, 3.05) is 19.4 Å². The Labute approximate surface area is 126 Å².